The third kappa shape index (κ3) is 3.30. The molecule has 0 radical (unpaired) electrons. The zero-order valence-corrected chi connectivity index (χ0v) is 8.20. The SMILES string of the molecule is CC(CCCO)Nc1ncccc1F. The van der Waals surface area contributed by atoms with Crippen molar-refractivity contribution in [3.8, 4) is 0 Å². The van der Waals surface area contributed by atoms with Crippen molar-refractivity contribution in [1.29, 1.82) is 0 Å². The van der Waals surface area contributed by atoms with Gasteiger partial charge in [0.05, 0.1) is 0 Å². The van der Waals surface area contributed by atoms with Crippen LogP contribution in [0.3, 0.4) is 0 Å². The van der Waals surface area contributed by atoms with Gasteiger partial charge in [0.15, 0.2) is 11.6 Å². The Kier molecular flexibility index (Phi) is 4.32. The highest BCUT2D eigenvalue weighted by molar-refractivity contribution is 5.36. The zero-order valence-electron chi connectivity index (χ0n) is 8.20. The van der Waals surface area contributed by atoms with Crippen molar-refractivity contribution in [2.24, 2.45) is 0 Å². The van der Waals surface area contributed by atoms with Crippen LogP contribution in [0.2, 0.25) is 0 Å². The lowest BCUT2D eigenvalue weighted by atomic mass is 10.2. The molecule has 1 heterocycles. The molecule has 2 N–H and O–H groups in total. The van der Waals surface area contributed by atoms with Crippen molar-refractivity contribution in [2.75, 3.05) is 11.9 Å². The van der Waals surface area contributed by atoms with E-state index in [1.807, 2.05) is 6.92 Å². The number of anilines is 1. The largest absolute Gasteiger partial charge is 0.396 e. The van der Waals surface area contributed by atoms with Gasteiger partial charge in [-0.15, -0.1) is 0 Å². The summed E-state index contributed by atoms with van der Waals surface area (Å²) in [4.78, 5) is 3.88. The zero-order chi connectivity index (χ0) is 10.4. The first-order valence-corrected chi connectivity index (χ1v) is 4.72. The molecule has 4 heteroatoms. The van der Waals surface area contributed by atoms with Crippen LogP contribution in [0.5, 0.6) is 0 Å². The van der Waals surface area contributed by atoms with Crippen molar-refractivity contribution < 1.29 is 9.50 Å². The third-order valence-electron chi connectivity index (χ3n) is 1.94. The molecule has 1 aromatic heterocycles. The van der Waals surface area contributed by atoms with E-state index in [0.717, 1.165) is 6.42 Å². The molecule has 0 fully saturated rings. The number of aromatic nitrogens is 1. The molecule has 0 saturated heterocycles. The Morgan fingerprint density at radius 3 is 3.07 bits per heavy atom. The normalized spacial score (nSPS) is 12.5. The molecule has 0 aliphatic rings. The Labute approximate surface area is 83.0 Å². The third-order valence-corrected chi connectivity index (χ3v) is 1.94. The molecule has 1 rings (SSSR count). The van der Waals surface area contributed by atoms with Gasteiger partial charge >= 0.3 is 0 Å². The Balaban J connectivity index is 2.47. The molecule has 0 saturated carbocycles. The van der Waals surface area contributed by atoms with Crippen LogP contribution >= 0.6 is 0 Å². The van der Waals surface area contributed by atoms with E-state index in [4.69, 9.17) is 5.11 Å². The first kappa shape index (κ1) is 10.9. The van der Waals surface area contributed by atoms with E-state index in [9.17, 15) is 4.39 Å². The summed E-state index contributed by atoms with van der Waals surface area (Å²) >= 11 is 0. The molecule has 0 aromatic carbocycles. The van der Waals surface area contributed by atoms with E-state index >= 15 is 0 Å². The molecule has 14 heavy (non-hydrogen) atoms. The molecule has 3 nitrogen and oxygen atoms in total. The lowest BCUT2D eigenvalue weighted by Crippen LogP contribution is -2.17. The second-order valence-electron chi connectivity index (χ2n) is 3.25. The molecular formula is C10H15FN2O. The van der Waals surface area contributed by atoms with Crippen LogP contribution in [0.15, 0.2) is 18.3 Å². The van der Waals surface area contributed by atoms with Gasteiger partial charge in [0, 0.05) is 18.8 Å². The minimum Gasteiger partial charge on any atom is -0.396 e. The van der Waals surface area contributed by atoms with Gasteiger partial charge in [-0.2, -0.15) is 0 Å². The van der Waals surface area contributed by atoms with Crippen LogP contribution in [-0.2, 0) is 0 Å². The van der Waals surface area contributed by atoms with Crippen LogP contribution in [-0.4, -0.2) is 22.7 Å². The first-order chi connectivity index (χ1) is 6.74. The number of nitrogens with one attached hydrogen (secondary N) is 1. The lowest BCUT2D eigenvalue weighted by Gasteiger charge is -2.13. The molecule has 1 aromatic rings. The summed E-state index contributed by atoms with van der Waals surface area (Å²) in [5, 5.41) is 11.6. The molecule has 0 aliphatic carbocycles. The van der Waals surface area contributed by atoms with Gasteiger partial charge in [-0.25, -0.2) is 9.37 Å². The van der Waals surface area contributed by atoms with Crippen molar-refractivity contribution in [3.63, 3.8) is 0 Å². The highest BCUT2D eigenvalue weighted by atomic mass is 19.1. The maximum absolute atomic E-state index is 13.1. The number of hydrogen-bond acceptors (Lipinski definition) is 3. The first-order valence-electron chi connectivity index (χ1n) is 4.72. The van der Waals surface area contributed by atoms with E-state index in [-0.39, 0.29) is 24.3 Å². The summed E-state index contributed by atoms with van der Waals surface area (Å²) in [7, 11) is 0. The van der Waals surface area contributed by atoms with Crippen LogP contribution in [0.1, 0.15) is 19.8 Å². The van der Waals surface area contributed by atoms with Gasteiger partial charge in [0.2, 0.25) is 0 Å². The van der Waals surface area contributed by atoms with Crippen LogP contribution in [0.4, 0.5) is 10.2 Å². The van der Waals surface area contributed by atoms with E-state index in [1.54, 1.807) is 12.3 Å². The molecule has 0 bridgehead atoms. The van der Waals surface area contributed by atoms with E-state index < -0.39 is 0 Å². The molecule has 0 amide bonds. The fourth-order valence-electron chi connectivity index (χ4n) is 1.19. The smallest absolute Gasteiger partial charge is 0.165 e. The van der Waals surface area contributed by atoms with Crippen LogP contribution in [0.25, 0.3) is 0 Å². The summed E-state index contributed by atoms with van der Waals surface area (Å²) in [6.07, 6.45) is 3.05. The molecular weight excluding hydrogens is 183 g/mol. The predicted octanol–water partition coefficient (Wildman–Crippen LogP) is 1.79. The average Bonchev–Trinajstić information content (AvgIpc) is 2.18. The summed E-state index contributed by atoms with van der Waals surface area (Å²) in [5.74, 6) is -0.0683. The maximum Gasteiger partial charge on any atom is 0.165 e. The van der Waals surface area contributed by atoms with Gasteiger partial charge in [-0.3, -0.25) is 0 Å². The van der Waals surface area contributed by atoms with E-state index in [1.165, 1.54) is 6.07 Å². The number of rotatable bonds is 5. The fourth-order valence-corrected chi connectivity index (χ4v) is 1.19. The van der Waals surface area contributed by atoms with Crippen LogP contribution in [0, 0.1) is 5.82 Å². The average molecular weight is 198 g/mol. The molecule has 78 valence electrons. The van der Waals surface area contributed by atoms with Gasteiger partial charge in [0.25, 0.3) is 0 Å². The number of hydrogen-bond donors (Lipinski definition) is 2. The van der Waals surface area contributed by atoms with Crippen molar-refractivity contribution in [2.45, 2.75) is 25.8 Å². The highest BCUT2D eigenvalue weighted by Crippen LogP contribution is 2.11. The van der Waals surface area contributed by atoms with Gasteiger partial charge in [-0.05, 0) is 31.9 Å². The topological polar surface area (TPSA) is 45.1 Å². The Bertz CT molecular complexity index is 281. The quantitative estimate of drug-likeness (QED) is 0.758. The number of nitrogens with zero attached hydrogens (tertiary/aromatic N) is 1. The van der Waals surface area contributed by atoms with Crippen molar-refractivity contribution in [3.05, 3.63) is 24.1 Å². The minimum atomic E-state index is -0.344. The van der Waals surface area contributed by atoms with E-state index in [2.05, 4.69) is 10.3 Å². The number of aliphatic hydroxyl groups excluding tert-OH is 1. The number of pyridine rings is 1. The molecule has 1 atom stereocenters. The monoisotopic (exact) mass is 198 g/mol. The minimum absolute atomic E-state index is 0.117. The standard InChI is InChI=1S/C10H15FN2O/c1-8(4-3-7-14)13-10-9(11)5-2-6-12-10/h2,5-6,8,14H,3-4,7H2,1H3,(H,12,13). The summed E-state index contributed by atoms with van der Waals surface area (Å²) in [5.41, 5.74) is 0. The second kappa shape index (κ2) is 5.54. The molecule has 1 unspecified atom stereocenters. The number of aliphatic hydroxyl groups is 1. The Hall–Kier alpha value is -1.16. The molecule has 0 aliphatic heterocycles. The van der Waals surface area contributed by atoms with Crippen molar-refractivity contribution in [1.82, 2.24) is 4.98 Å². The lowest BCUT2D eigenvalue weighted by molar-refractivity contribution is 0.282. The van der Waals surface area contributed by atoms with Crippen LogP contribution < -0.4 is 5.32 Å². The van der Waals surface area contributed by atoms with Gasteiger partial charge in [0.1, 0.15) is 0 Å². The molecule has 0 spiro atoms. The maximum atomic E-state index is 13.1. The van der Waals surface area contributed by atoms with E-state index in [0.29, 0.717) is 6.42 Å². The fraction of sp³-hybridized carbons (Fsp3) is 0.500. The van der Waals surface area contributed by atoms with Crippen molar-refractivity contribution >= 4 is 5.82 Å². The predicted molar refractivity (Wildman–Crippen MR) is 53.6 cm³/mol. The van der Waals surface area contributed by atoms with Gasteiger partial charge in [-0.1, -0.05) is 0 Å². The summed E-state index contributed by atoms with van der Waals surface area (Å²) in [6, 6.07) is 3.04. The van der Waals surface area contributed by atoms with Gasteiger partial charge < -0.3 is 10.4 Å². The second-order valence-corrected chi connectivity index (χ2v) is 3.25. The number of halogens is 1. The summed E-state index contributed by atoms with van der Waals surface area (Å²) < 4.78 is 13.1. The summed E-state index contributed by atoms with van der Waals surface area (Å²) in [6.45, 7) is 2.10. The highest BCUT2D eigenvalue weighted by Gasteiger charge is 2.05. The Morgan fingerprint density at radius 1 is 1.64 bits per heavy atom. The Morgan fingerprint density at radius 2 is 2.43 bits per heavy atom.